The first-order chi connectivity index (χ1) is 11.5. The van der Waals surface area contributed by atoms with Crippen LogP contribution in [0, 0.1) is 0 Å². The quantitative estimate of drug-likeness (QED) is 0.766. The third kappa shape index (κ3) is 3.44. The maximum Gasteiger partial charge on any atom is 0.287 e. The number of hydrogen-bond donors (Lipinski definition) is 1. The van der Waals surface area contributed by atoms with Crippen LogP contribution in [0.5, 0.6) is 0 Å². The van der Waals surface area contributed by atoms with Crippen molar-refractivity contribution >= 4 is 27.5 Å². The van der Waals surface area contributed by atoms with Gasteiger partial charge in [-0.05, 0) is 30.3 Å². The monoisotopic (exact) mass is 362 g/mol. The van der Waals surface area contributed by atoms with E-state index in [1.54, 1.807) is 24.3 Å². The Morgan fingerprint density at radius 1 is 1.08 bits per heavy atom. The Labute approximate surface area is 142 Å². The second-order valence-electron chi connectivity index (χ2n) is 4.78. The highest BCUT2D eigenvalue weighted by molar-refractivity contribution is 7.90. The molecule has 24 heavy (non-hydrogen) atoms. The van der Waals surface area contributed by atoms with E-state index in [1.807, 2.05) is 10.8 Å². The molecule has 0 bridgehead atoms. The number of rotatable bonds is 4. The summed E-state index contributed by atoms with van der Waals surface area (Å²) in [5, 5.41) is 7.76. The van der Waals surface area contributed by atoms with Gasteiger partial charge in [0.25, 0.3) is 15.9 Å². The van der Waals surface area contributed by atoms with Crippen molar-refractivity contribution in [1.82, 2.24) is 19.7 Å². The lowest BCUT2D eigenvalue weighted by molar-refractivity contribution is 0.0976. The largest absolute Gasteiger partial charge is 0.287 e. The van der Waals surface area contributed by atoms with Gasteiger partial charge in [-0.25, -0.2) is 17.8 Å². The Bertz CT molecular complexity index is 987. The second kappa shape index (κ2) is 6.42. The summed E-state index contributed by atoms with van der Waals surface area (Å²) in [5.41, 5.74) is 0.575. The Morgan fingerprint density at radius 3 is 2.54 bits per heavy atom. The molecule has 3 rings (SSSR count). The minimum Gasteiger partial charge on any atom is -0.266 e. The molecular weight excluding hydrogens is 352 g/mol. The predicted molar refractivity (Wildman–Crippen MR) is 87.5 cm³/mol. The molecule has 0 aliphatic carbocycles. The van der Waals surface area contributed by atoms with Crippen LogP contribution in [0.2, 0.25) is 5.02 Å². The molecule has 0 unspecified atom stereocenters. The number of carbonyl (C=O) groups is 1. The van der Waals surface area contributed by atoms with E-state index >= 15 is 0 Å². The van der Waals surface area contributed by atoms with E-state index < -0.39 is 15.9 Å². The molecule has 1 N–H and O–H groups in total. The lowest BCUT2D eigenvalue weighted by Crippen LogP contribution is -2.30. The van der Waals surface area contributed by atoms with Crippen LogP contribution < -0.4 is 4.72 Å². The average molecular weight is 363 g/mol. The van der Waals surface area contributed by atoms with Crippen molar-refractivity contribution < 1.29 is 13.2 Å². The molecular formula is C15H11ClN4O3S. The summed E-state index contributed by atoms with van der Waals surface area (Å²) >= 11 is 5.77. The molecule has 3 aromatic rings. The van der Waals surface area contributed by atoms with Crippen molar-refractivity contribution in [2.75, 3.05) is 0 Å². The van der Waals surface area contributed by atoms with Gasteiger partial charge in [-0.15, -0.1) is 5.10 Å². The van der Waals surface area contributed by atoms with Crippen molar-refractivity contribution in [3.8, 4) is 5.69 Å². The van der Waals surface area contributed by atoms with Gasteiger partial charge < -0.3 is 0 Å². The fourth-order valence-corrected chi connectivity index (χ4v) is 3.20. The summed E-state index contributed by atoms with van der Waals surface area (Å²) in [6.45, 7) is 0. The van der Waals surface area contributed by atoms with E-state index in [9.17, 15) is 13.2 Å². The van der Waals surface area contributed by atoms with E-state index in [0.29, 0.717) is 5.69 Å². The van der Waals surface area contributed by atoms with E-state index in [-0.39, 0.29) is 15.6 Å². The number of nitrogens with one attached hydrogen (secondary N) is 1. The highest BCUT2D eigenvalue weighted by Gasteiger charge is 2.21. The van der Waals surface area contributed by atoms with Gasteiger partial charge in [0.2, 0.25) is 0 Å². The van der Waals surface area contributed by atoms with E-state index in [0.717, 1.165) is 0 Å². The predicted octanol–water partition coefficient (Wildman–Crippen LogP) is 2.04. The normalized spacial score (nSPS) is 11.2. The molecule has 0 aliphatic heterocycles. The Balaban J connectivity index is 1.82. The van der Waals surface area contributed by atoms with E-state index in [1.165, 1.54) is 35.1 Å². The summed E-state index contributed by atoms with van der Waals surface area (Å²) in [6.07, 6.45) is 1.35. The number of benzene rings is 2. The molecule has 0 aliphatic rings. The zero-order valence-corrected chi connectivity index (χ0v) is 13.7. The summed E-state index contributed by atoms with van der Waals surface area (Å²) in [5.74, 6) is -0.878. The standard InChI is InChI=1S/C15H11ClN4O3S/c16-11-5-4-8-13(9-11)24(22,23)18-15(21)14-10-20(19-17-14)12-6-2-1-3-7-12/h1-10H,(H,18,21). The van der Waals surface area contributed by atoms with Gasteiger partial charge in [-0.2, -0.15) is 0 Å². The fraction of sp³-hybridized carbons (Fsp3) is 0. The number of halogens is 1. The number of aromatic nitrogens is 3. The molecule has 0 spiro atoms. The van der Waals surface area contributed by atoms with Crippen LogP contribution in [0.4, 0.5) is 0 Å². The van der Waals surface area contributed by atoms with Crippen molar-refractivity contribution in [2.24, 2.45) is 0 Å². The summed E-state index contributed by atoms with van der Waals surface area (Å²) in [7, 11) is -4.05. The van der Waals surface area contributed by atoms with E-state index in [2.05, 4.69) is 10.3 Å². The van der Waals surface area contributed by atoms with Gasteiger partial charge in [-0.1, -0.05) is 41.1 Å². The third-order valence-electron chi connectivity index (χ3n) is 3.08. The van der Waals surface area contributed by atoms with Crippen molar-refractivity contribution in [3.05, 3.63) is 71.5 Å². The van der Waals surface area contributed by atoms with Gasteiger partial charge in [-0.3, -0.25) is 4.79 Å². The number of sulfonamides is 1. The number of carbonyl (C=O) groups excluding carboxylic acids is 1. The molecule has 2 aromatic carbocycles. The molecule has 1 amide bonds. The minimum absolute atomic E-state index is 0.112. The van der Waals surface area contributed by atoms with Crippen LogP contribution in [0.1, 0.15) is 10.5 Å². The molecule has 0 fully saturated rings. The number of amides is 1. The van der Waals surface area contributed by atoms with Gasteiger partial charge in [0, 0.05) is 5.02 Å². The number of para-hydroxylation sites is 1. The average Bonchev–Trinajstić information content (AvgIpc) is 3.05. The molecule has 0 radical (unpaired) electrons. The zero-order chi connectivity index (χ0) is 17.2. The van der Waals surface area contributed by atoms with Crippen LogP contribution in [0.3, 0.4) is 0 Å². The molecule has 9 heteroatoms. The summed E-state index contributed by atoms with van der Waals surface area (Å²) in [4.78, 5) is 12.0. The molecule has 0 saturated carbocycles. The first-order valence-electron chi connectivity index (χ1n) is 6.76. The van der Waals surface area contributed by atoms with Crippen molar-refractivity contribution in [3.63, 3.8) is 0 Å². The Hall–Kier alpha value is -2.71. The Kier molecular flexibility index (Phi) is 4.32. The number of hydrogen-bond acceptors (Lipinski definition) is 5. The highest BCUT2D eigenvalue weighted by atomic mass is 35.5. The van der Waals surface area contributed by atoms with E-state index in [4.69, 9.17) is 11.6 Å². The highest BCUT2D eigenvalue weighted by Crippen LogP contribution is 2.15. The summed E-state index contributed by atoms with van der Waals surface area (Å²) < 4.78 is 27.7. The number of nitrogens with zero attached hydrogens (tertiary/aromatic N) is 3. The van der Waals surface area contributed by atoms with Gasteiger partial charge in [0.1, 0.15) is 0 Å². The van der Waals surface area contributed by atoms with Gasteiger partial charge >= 0.3 is 0 Å². The lowest BCUT2D eigenvalue weighted by atomic mass is 10.3. The van der Waals surface area contributed by atoms with Crippen molar-refractivity contribution in [2.45, 2.75) is 4.90 Å². The van der Waals surface area contributed by atoms with Crippen LogP contribution in [0.25, 0.3) is 5.69 Å². The first kappa shape index (κ1) is 16.2. The van der Waals surface area contributed by atoms with Gasteiger partial charge in [0.15, 0.2) is 5.69 Å². The topological polar surface area (TPSA) is 94.0 Å². The molecule has 7 nitrogen and oxygen atoms in total. The summed E-state index contributed by atoms with van der Waals surface area (Å²) in [6, 6.07) is 14.6. The molecule has 1 heterocycles. The lowest BCUT2D eigenvalue weighted by Gasteiger charge is -2.05. The Morgan fingerprint density at radius 2 is 1.83 bits per heavy atom. The van der Waals surface area contributed by atoms with Crippen LogP contribution >= 0.6 is 11.6 Å². The van der Waals surface area contributed by atoms with Crippen LogP contribution in [-0.4, -0.2) is 29.3 Å². The fourth-order valence-electron chi connectivity index (χ4n) is 1.94. The maximum atomic E-state index is 12.2. The third-order valence-corrected chi connectivity index (χ3v) is 4.64. The van der Waals surface area contributed by atoms with Crippen LogP contribution in [-0.2, 0) is 10.0 Å². The SMILES string of the molecule is O=C(NS(=O)(=O)c1cccc(Cl)c1)c1cn(-c2ccccc2)nn1. The van der Waals surface area contributed by atoms with Crippen molar-refractivity contribution in [1.29, 1.82) is 0 Å². The molecule has 0 atom stereocenters. The minimum atomic E-state index is -4.05. The molecule has 0 saturated heterocycles. The first-order valence-corrected chi connectivity index (χ1v) is 8.62. The maximum absolute atomic E-state index is 12.2. The molecule has 122 valence electrons. The van der Waals surface area contributed by atoms with Crippen LogP contribution in [0.15, 0.2) is 65.7 Å². The smallest absolute Gasteiger partial charge is 0.266 e. The zero-order valence-electron chi connectivity index (χ0n) is 12.1. The molecule has 1 aromatic heterocycles. The second-order valence-corrected chi connectivity index (χ2v) is 6.89. The van der Waals surface area contributed by atoms with Gasteiger partial charge in [0.05, 0.1) is 16.8 Å².